The van der Waals surface area contributed by atoms with E-state index in [-0.39, 0.29) is 10.8 Å². The van der Waals surface area contributed by atoms with Crippen molar-refractivity contribution in [1.82, 2.24) is 0 Å². The number of carboxylic acids is 1. The van der Waals surface area contributed by atoms with E-state index in [1.807, 2.05) is 0 Å². The number of aliphatic carboxylic acids is 1. The number of hydrogen-bond acceptors (Lipinski definition) is 1. The van der Waals surface area contributed by atoms with Gasteiger partial charge in [0, 0.05) is 17.2 Å². The summed E-state index contributed by atoms with van der Waals surface area (Å²) in [5.41, 5.74) is 0. The Morgan fingerprint density at radius 1 is 0.944 bits per heavy atom. The molecule has 18 heavy (non-hydrogen) atoms. The minimum absolute atomic E-state index is 0.0808. The lowest BCUT2D eigenvalue weighted by Crippen LogP contribution is -2.14. The standard InChI is InChI=1S/C14H26Cl2O2/c1-2-3-9-12(15)13(16)10-7-5-4-6-8-11-14(17)18/h12-13H,2-11H2,1H3,(H,17,18)/t12-,13+/m0/s1. The maximum atomic E-state index is 10.3. The van der Waals surface area contributed by atoms with Crippen molar-refractivity contribution >= 4 is 29.2 Å². The van der Waals surface area contributed by atoms with Crippen LogP contribution < -0.4 is 0 Å². The first-order chi connectivity index (χ1) is 8.57. The molecule has 0 amide bonds. The van der Waals surface area contributed by atoms with Gasteiger partial charge in [0.05, 0.1) is 0 Å². The Morgan fingerprint density at radius 2 is 1.44 bits per heavy atom. The van der Waals surface area contributed by atoms with Crippen LogP contribution in [-0.2, 0) is 4.79 Å². The number of carboxylic acid groups (broad SMARTS) is 1. The van der Waals surface area contributed by atoms with Crippen LogP contribution in [0.3, 0.4) is 0 Å². The lowest BCUT2D eigenvalue weighted by molar-refractivity contribution is -0.137. The van der Waals surface area contributed by atoms with Crippen LogP contribution in [0.1, 0.15) is 71.1 Å². The second-order valence-electron chi connectivity index (χ2n) is 4.87. The lowest BCUT2D eigenvalue weighted by atomic mass is 10.0. The number of hydrogen-bond donors (Lipinski definition) is 1. The predicted molar refractivity (Wildman–Crippen MR) is 78.8 cm³/mol. The molecular weight excluding hydrogens is 271 g/mol. The third-order valence-corrected chi connectivity index (χ3v) is 4.27. The Bertz CT molecular complexity index is 210. The van der Waals surface area contributed by atoms with Gasteiger partial charge in [-0.25, -0.2) is 0 Å². The van der Waals surface area contributed by atoms with Gasteiger partial charge in [-0.15, -0.1) is 23.2 Å². The monoisotopic (exact) mass is 296 g/mol. The van der Waals surface area contributed by atoms with Crippen molar-refractivity contribution in [3.63, 3.8) is 0 Å². The summed E-state index contributed by atoms with van der Waals surface area (Å²) in [5.74, 6) is -0.697. The zero-order valence-electron chi connectivity index (χ0n) is 11.3. The van der Waals surface area contributed by atoms with E-state index in [2.05, 4.69) is 6.92 Å². The number of halogens is 2. The third-order valence-electron chi connectivity index (χ3n) is 3.10. The molecule has 0 radical (unpaired) electrons. The van der Waals surface area contributed by atoms with Crippen LogP contribution in [0, 0.1) is 0 Å². The summed E-state index contributed by atoms with van der Waals surface area (Å²) >= 11 is 12.4. The van der Waals surface area contributed by atoms with Gasteiger partial charge in [-0.3, -0.25) is 4.79 Å². The molecule has 0 saturated heterocycles. The zero-order valence-corrected chi connectivity index (χ0v) is 12.8. The van der Waals surface area contributed by atoms with Crippen molar-refractivity contribution in [3.8, 4) is 0 Å². The van der Waals surface area contributed by atoms with E-state index >= 15 is 0 Å². The van der Waals surface area contributed by atoms with Crippen molar-refractivity contribution in [2.75, 3.05) is 0 Å². The van der Waals surface area contributed by atoms with E-state index in [0.29, 0.717) is 6.42 Å². The summed E-state index contributed by atoms with van der Waals surface area (Å²) in [4.78, 5) is 10.3. The van der Waals surface area contributed by atoms with E-state index in [1.165, 1.54) is 0 Å². The minimum Gasteiger partial charge on any atom is -0.481 e. The summed E-state index contributed by atoms with van der Waals surface area (Å²) in [6.07, 6.45) is 9.67. The molecule has 0 unspecified atom stereocenters. The smallest absolute Gasteiger partial charge is 0.303 e. The second-order valence-corrected chi connectivity index (χ2v) is 6.00. The molecule has 2 atom stereocenters. The molecule has 2 nitrogen and oxygen atoms in total. The predicted octanol–water partition coefficient (Wildman–Crippen LogP) is 5.21. The molecular formula is C14H26Cl2O2. The van der Waals surface area contributed by atoms with E-state index < -0.39 is 5.97 Å². The second kappa shape index (κ2) is 12.1. The van der Waals surface area contributed by atoms with Gasteiger partial charge in [-0.2, -0.15) is 0 Å². The minimum atomic E-state index is -0.697. The summed E-state index contributed by atoms with van der Waals surface area (Å²) < 4.78 is 0. The van der Waals surface area contributed by atoms with E-state index in [4.69, 9.17) is 28.3 Å². The summed E-state index contributed by atoms with van der Waals surface area (Å²) in [6, 6.07) is 0. The third kappa shape index (κ3) is 11.2. The Hall–Kier alpha value is 0.0500. The van der Waals surface area contributed by atoms with E-state index in [0.717, 1.165) is 57.8 Å². The van der Waals surface area contributed by atoms with Crippen molar-refractivity contribution < 1.29 is 9.90 Å². The average molecular weight is 297 g/mol. The first-order valence-electron chi connectivity index (χ1n) is 7.07. The Kier molecular flexibility index (Phi) is 12.1. The van der Waals surface area contributed by atoms with Gasteiger partial charge in [0.15, 0.2) is 0 Å². The largest absolute Gasteiger partial charge is 0.481 e. The van der Waals surface area contributed by atoms with Crippen LogP contribution >= 0.6 is 23.2 Å². The fourth-order valence-corrected chi connectivity index (χ4v) is 2.47. The molecule has 0 aromatic carbocycles. The van der Waals surface area contributed by atoms with Gasteiger partial charge in [-0.05, 0) is 19.3 Å². The summed E-state index contributed by atoms with van der Waals surface area (Å²) in [6.45, 7) is 2.16. The number of carbonyl (C=O) groups is 1. The molecule has 0 rings (SSSR count). The number of rotatable bonds is 12. The van der Waals surface area contributed by atoms with Crippen molar-refractivity contribution in [3.05, 3.63) is 0 Å². The van der Waals surface area contributed by atoms with Crippen LogP contribution in [0.15, 0.2) is 0 Å². The molecule has 0 aliphatic carbocycles. The highest BCUT2D eigenvalue weighted by Gasteiger charge is 2.15. The highest BCUT2D eigenvalue weighted by Crippen LogP contribution is 2.22. The molecule has 0 aliphatic rings. The fourth-order valence-electron chi connectivity index (χ4n) is 1.91. The maximum absolute atomic E-state index is 10.3. The fraction of sp³-hybridized carbons (Fsp3) is 0.929. The SMILES string of the molecule is CCCC[C@H](Cl)[C@H](Cl)CCCCCCCC(=O)O. The molecule has 1 N–H and O–H groups in total. The molecule has 4 heteroatoms. The van der Waals surface area contributed by atoms with Gasteiger partial charge in [0.1, 0.15) is 0 Å². The van der Waals surface area contributed by atoms with Crippen molar-refractivity contribution in [2.45, 2.75) is 81.9 Å². The zero-order chi connectivity index (χ0) is 13.8. The van der Waals surface area contributed by atoms with Crippen LogP contribution in [-0.4, -0.2) is 21.8 Å². The van der Waals surface area contributed by atoms with Crippen LogP contribution in [0.4, 0.5) is 0 Å². The molecule has 0 spiro atoms. The van der Waals surface area contributed by atoms with Gasteiger partial charge < -0.3 is 5.11 Å². The molecule has 0 aliphatic heterocycles. The topological polar surface area (TPSA) is 37.3 Å². The summed E-state index contributed by atoms with van der Waals surface area (Å²) in [7, 11) is 0. The van der Waals surface area contributed by atoms with Gasteiger partial charge >= 0.3 is 5.97 Å². The van der Waals surface area contributed by atoms with Gasteiger partial charge in [0.25, 0.3) is 0 Å². The van der Waals surface area contributed by atoms with Crippen LogP contribution in [0.25, 0.3) is 0 Å². The summed E-state index contributed by atoms with van der Waals surface area (Å²) in [5, 5.41) is 8.67. The maximum Gasteiger partial charge on any atom is 0.303 e. The average Bonchev–Trinajstić information content (AvgIpc) is 2.34. The first kappa shape index (κ1) is 18.0. The molecule has 0 heterocycles. The molecule has 0 fully saturated rings. The first-order valence-corrected chi connectivity index (χ1v) is 7.95. The van der Waals surface area contributed by atoms with Crippen molar-refractivity contribution in [1.29, 1.82) is 0 Å². The molecule has 108 valence electrons. The Balaban J connectivity index is 3.34. The quantitative estimate of drug-likeness (QED) is 0.397. The molecule has 0 aromatic rings. The number of alkyl halides is 2. The van der Waals surface area contributed by atoms with Gasteiger partial charge in [-0.1, -0.05) is 45.4 Å². The van der Waals surface area contributed by atoms with Crippen LogP contribution in [0.2, 0.25) is 0 Å². The highest BCUT2D eigenvalue weighted by atomic mass is 35.5. The number of unbranched alkanes of at least 4 members (excludes halogenated alkanes) is 5. The Morgan fingerprint density at radius 3 is 2.00 bits per heavy atom. The van der Waals surface area contributed by atoms with E-state index in [9.17, 15) is 4.79 Å². The lowest BCUT2D eigenvalue weighted by Gasteiger charge is -2.15. The van der Waals surface area contributed by atoms with E-state index in [1.54, 1.807) is 0 Å². The molecule has 0 aromatic heterocycles. The van der Waals surface area contributed by atoms with Crippen molar-refractivity contribution in [2.24, 2.45) is 0 Å². The highest BCUT2D eigenvalue weighted by molar-refractivity contribution is 6.29. The molecule has 0 saturated carbocycles. The Labute approximate surface area is 121 Å². The normalized spacial score (nSPS) is 14.4. The molecule has 0 bridgehead atoms. The van der Waals surface area contributed by atoms with Crippen LogP contribution in [0.5, 0.6) is 0 Å². The van der Waals surface area contributed by atoms with Gasteiger partial charge in [0.2, 0.25) is 0 Å².